The molecule has 0 bridgehead atoms. The Morgan fingerprint density at radius 2 is 1.18 bits per heavy atom. The van der Waals surface area contributed by atoms with Crippen LogP contribution in [0.25, 0.3) is 89.2 Å². The maximum Gasteiger partial charge on any atom is 0.238 e. The molecule has 3 aromatic heterocycles. The van der Waals surface area contributed by atoms with Gasteiger partial charge in [-0.15, -0.1) is 0 Å². The molecule has 0 fully saturated rings. The predicted molar refractivity (Wildman–Crippen MR) is 208 cm³/mol. The van der Waals surface area contributed by atoms with Crippen LogP contribution in [0.3, 0.4) is 0 Å². The summed E-state index contributed by atoms with van der Waals surface area (Å²) in [5.41, 5.74) is 10.1. The van der Waals surface area contributed by atoms with Gasteiger partial charge in [-0.05, 0) is 59.0 Å². The third-order valence-electron chi connectivity index (χ3n) is 10.1. The SMILES string of the molecule is [2H]c1c([2H])c([2H])c(-c2nc(-c3cccc4c3Cc3ccccc3-4)nc(-n3c4ccccc4c4ccc5c(c6ccccc6n5-c5ccccc5)c43)n2)c([2H])c1[2H]. The fourth-order valence-corrected chi connectivity index (χ4v) is 8.00. The molecule has 0 radical (unpaired) electrons. The number of hydrogen-bond donors (Lipinski definition) is 0. The van der Waals surface area contributed by atoms with Gasteiger partial charge in [0, 0.05) is 38.4 Å². The summed E-state index contributed by atoms with van der Waals surface area (Å²) in [4.78, 5) is 15.3. The smallest absolute Gasteiger partial charge is 0.238 e. The average molecular weight is 657 g/mol. The van der Waals surface area contributed by atoms with Crippen LogP contribution >= 0.6 is 0 Å². The van der Waals surface area contributed by atoms with Gasteiger partial charge in [0.05, 0.1) is 28.9 Å². The average Bonchev–Trinajstić information content (AvgIpc) is 3.90. The summed E-state index contributed by atoms with van der Waals surface area (Å²) in [6, 6.07) is 43.4. The maximum absolute atomic E-state index is 8.97. The Balaban J connectivity index is 1.29. The van der Waals surface area contributed by atoms with Crippen molar-refractivity contribution in [3.8, 4) is 45.5 Å². The van der Waals surface area contributed by atoms with Gasteiger partial charge in [0.1, 0.15) is 0 Å². The van der Waals surface area contributed by atoms with E-state index >= 15 is 0 Å². The molecule has 0 N–H and O–H groups in total. The molecule has 0 atom stereocenters. The topological polar surface area (TPSA) is 48.5 Å². The molecule has 1 aliphatic rings. The second-order valence-electron chi connectivity index (χ2n) is 12.8. The van der Waals surface area contributed by atoms with Crippen LogP contribution in [-0.2, 0) is 6.42 Å². The van der Waals surface area contributed by atoms with Crippen molar-refractivity contribution >= 4 is 43.6 Å². The first-order valence-corrected chi connectivity index (χ1v) is 16.9. The number of benzene rings is 7. The fraction of sp³-hybridized carbons (Fsp3) is 0.0217. The summed E-state index contributed by atoms with van der Waals surface area (Å²) in [5, 5.41) is 4.08. The molecule has 5 heteroatoms. The molecule has 7 aromatic carbocycles. The van der Waals surface area contributed by atoms with E-state index in [2.05, 4.69) is 81.9 Å². The quantitative estimate of drug-likeness (QED) is 0.189. The Kier molecular flexibility index (Phi) is 4.99. The highest BCUT2D eigenvalue weighted by Gasteiger charge is 2.26. The van der Waals surface area contributed by atoms with Gasteiger partial charge in [-0.1, -0.05) is 133 Å². The zero-order valence-corrected chi connectivity index (χ0v) is 27.1. The van der Waals surface area contributed by atoms with Gasteiger partial charge in [-0.2, -0.15) is 9.97 Å². The van der Waals surface area contributed by atoms with E-state index in [9.17, 15) is 0 Å². The predicted octanol–water partition coefficient (Wildman–Crippen LogP) is 11.0. The zero-order chi connectivity index (χ0) is 37.8. The van der Waals surface area contributed by atoms with Gasteiger partial charge in [-0.25, -0.2) is 4.98 Å². The molecule has 0 amide bonds. The lowest BCUT2D eigenvalue weighted by Gasteiger charge is -2.13. The van der Waals surface area contributed by atoms with Gasteiger partial charge in [-0.3, -0.25) is 4.57 Å². The van der Waals surface area contributed by atoms with Crippen molar-refractivity contribution in [1.82, 2.24) is 24.1 Å². The van der Waals surface area contributed by atoms with Crippen molar-refractivity contribution in [2.75, 3.05) is 0 Å². The molecule has 0 aliphatic heterocycles. The van der Waals surface area contributed by atoms with E-state index in [1.807, 2.05) is 60.7 Å². The first-order valence-electron chi connectivity index (χ1n) is 19.4. The largest absolute Gasteiger partial charge is 0.309 e. The summed E-state index contributed by atoms with van der Waals surface area (Å²) in [6.45, 7) is 0. The van der Waals surface area contributed by atoms with Crippen molar-refractivity contribution in [2.45, 2.75) is 6.42 Å². The van der Waals surface area contributed by atoms with Gasteiger partial charge in [0.25, 0.3) is 0 Å². The Morgan fingerprint density at radius 1 is 0.490 bits per heavy atom. The molecular weight excluding hydrogens is 623 g/mol. The van der Waals surface area contributed by atoms with Gasteiger partial charge in [0.2, 0.25) is 5.95 Å². The first kappa shape index (κ1) is 23.5. The van der Waals surface area contributed by atoms with Crippen LogP contribution in [0, 0.1) is 0 Å². The number of para-hydroxylation sites is 3. The molecule has 0 spiro atoms. The van der Waals surface area contributed by atoms with Gasteiger partial charge < -0.3 is 4.57 Å². The van der Waals surface area contributed by atoms with Crippen LogP contribution in [0.4, 0.5) is 0 Å². The molecule has 11 rings (SSSR count). The number of hydrogen-bond acceptors (Lipinski definition) is 3. The van der Waals surface area contributed by atoms with Crippen LogP contribution in [0.1, 0.15) is 18.0 Å². The molecule has 10 aromatic rings. The first-order chi connectivity index (χ1) is 27.4. The standard InChI is InChI=1S/C46H29N5/c1-3-14-29(15-4-1)44-47-45(36-23-13-22-33-32-19-8-7-16-30(32)28-38(33)36)49-46(48-44)51-39-24-11-9-20-34(39)35-26-27-41-42(43(35)51)37-21-10-12-25-40(37)50(41)31-17-5-2-6-18-31/h1-27H,28H2/i1D,3D,4D,14D,15D. The minimum Gasteiger partial charge on any atom is -0.309 e. The maximum atomic E-state index is 8.97. The molecular formula is C46H29N5. The third-order valence-corrected chi connectivity index (χ3v) is 10.1. The lowest BCUT2D eigenvalue weighted by atomic mass is 10.0. The molecule has 3 heterocycles. The van der Waals surface area contributed by atoms with Crippen LogP contribution in [0.5, 0.6) is 0 Å². The van der Waals surface area contributed by atoms with Crippen LogP contribution < -0.4 is 0 Å². The summed E-state index contributed by atoms with van der Waals surface area (Å²) in [5.74, 6) is 0.631. The highest BCUT2D eigenvalue weighted by Crippen LogP contribution is 2.43. The Morgan fingerprint density at radius 3 is 2.04 bits per heavy atom. The van der Waals surface area contributed by atoms with Gasteiger partial charge in [0.15, 0.2) is 11.6 Å². The summed E-state index contributed by atoms with van der Waals surface area (Å²) in [6.07, 6.45) is 0.682. The molecule has 1 aliphatic carbocycles. The molecule has 0 saturated heterocycles. The summed E-state index contributed by atoms with van der Waals surface area (Å²) in [7, 11) is 0. The second kappa shape index (κ2) is 10.8. The van der Waals surface area contributed by atoms with E-state index in [1.165, 1.54) is 5.56 Å². The summed E-state index contributed by atoms with van der Waals surface area (Å²) >= 11 is 0. The number of fused-ring (bicyclic) bond motifs is 10. The minimum absolute atomic E-state index is 0.0000611. The van der Waals surface area contributed by atoms with Crippen molar-refractivity contribution in [1.29, 1.82) is 0 Å². The van der Waals surface area contributed by atoms with Crippen molar-refractivity contribution in [2.24, 2.45) is 0 Å². The highest BCUT2D eigenvalue weighted by atomic mass is 15.2. The van der Waals surface area contributed by atoms with Crippen molar-refractivity contribution in [3.63, 3.8) is 0 Å². The van der Waals surface area contributed by atoms with E-state index in [4.69, 9.17) is 21.8 Å². The van der Waals surface area contributed by atoms with Gasteiger partial charge >= 0.3 is 0 Å². The van der Waals surface area contributed by atoms with Crippen LogP contribution in [0.15, 0.2) is 164 Å². The Bertz CT molecular complexity index is 3270. The molecule has 0 saturated carbocycles. The van der Waals surface area contributed by atoms with E-state index in [1.54, 1.807) is 0 Å². The van der Waals surface area contributed by atoms with Crippen LogP contribution in [-0.4, -0.2) is 24.1 Å². The van der Waals surface area contributed by atoms with E-state index in [0.29, 0.717) is 12.2 Å². The molecule has 0 unspecified atom stereocenters. The normalized spacial score (nSPS) is 13.6. The molecule has 238 valence electrons. The molecule has 5 nitrogen and oxygen atoms in total. The minimum atomic E-state index is -0.475. The van der Waals surface area contributed by atoms with E-state index in [0.717, 1.165) is 71.6 Å². The monoisotopic (exact) mass is 656 g/mol. The lowest BCUT2D eigenvalue weighted by molar-refractivity contribution is 0.953. The second-order valence-corrected chi connectivity index (χ2v) is 12.8. The van der Waals surface area contributed by atoms with Crippen molar-refractivity contribution < 1.29 is 6.85 Å². The number of nitrogens with zero attached hydrogens (tertiary/aromatic N) is 5. The highest BCUT2D eigenvalue weighted by molar-refractivity contribution is 6.26. The summed E-state index contributed by atoms with van der Waals surface area (Å²) < 4.78 is 47.6. The third kappa shape index (κ3) is 4.12. The van der Waals surface area contributed by atoms with E-state index < -0.39 is 18.1 Å². The Hall–Kier alpha value is -6.85. The number of aromatic nitrogens is 5. The molecule has 51 heavy (non-hydrogen) atoms. The zero-order valence-electron chi connectivity index (χ0n) is 32.1. The number of rotatable bonds is 4. The van der Waals surface area contributed by atoms with Crippen molar-refractivity contribution in [3.05, 3.63) is 175 Å². The van der Waals surface area contributed by atoms with E-state index in [-0.39, 0.29) is 29.4 Å². The lowest BCUT2D eigenvalue weighted by Crippen LogP contribution is -2.07. The van der Waals surface area contributed by atoms with Crippen LogP contribution in [0.2, 0.25) is 0 Å². The Labute approximate surface area is 300 Å². The fourth-order valence-electron chi connectivity index (χ4n) is 8.00.